The van der Waals surface area contributed by atoms with Gasteiger partial charge < -0.3 is 24.3 Å². The van der Waals surface area contributed by atoms with Crippen molar-refractivity contribution < 1.29 is 28.5 Å². The van der Waals surface area contributed by atoms with Crippen LogP contribution in [0.1, 0.15) is 12.5 Å². The topological polar surface area (TPSA) is 83.1 Å². The maximum Gasteiger partial charge on any atom is 0.331 e. The van der Waals surface area contributed by atoms with Gasteiger partial charge in [0.25, 0.3) is 5.91 Å². The van der Waals surface area contributed by atoms with Crippen molar-refractivity contribution in [3.63, 3.8) is 0 Å². The van der Waals surface area contributed by atoms with E-state index in [2.05, 4.69) is 11.9 Å². The summed E-state index contributed by atoms with van der Waals surface area (Å²) in [5, 5.41) is 2.56. The summed E-state index contributed by atoms with van der Waals surface area (Å²) >= 11 is 0. The second-order valence-electron chi connectivity index (χ2n) is 5.19. The molecule has 1 aliphatic rings. The minimum absolute atomic E-state index is 0.313. The Bertz CT molecular complexity index is 665. The summed E-state index contributed by atoms with van der Waals surface area (Å²) in [6, 6.07) is 3.46. The van der Waals surface area contributed by atoms with Gasteiger partial charge in [0.15, 0.2) is 17.6 Å². The van der Waals surface area contributed by atoms with Crippen molar-refractivity contribution in [3.05, 3.63) is 36.4 Å². The lowest BCUT2D eigenvalue weighted by Crippen LogP contribution is -2.35. The fraction of sp³-hybridized carbons (Fsp3) is 0.333. The summed E-state index contributed by atoms with van der Waals surface area (Å²) < 4.78 is 21.4. The normalized spacial score (nSPS) is 13.8. The SMILES string of the molecule is C=CCNC(=O)[C@H](C)OC(=O)/C=C/c1cc(OC)c2c(c1)OCCO2. The smallest absolute Gasteiger partial charge is 0.331 e. The lowest BCUT2D eigenvalue weighted by Gasteiger charge is -2.20. The van der Waals surface area contributed by atoms with Crippen molar-refractivity contribution in [1.29, 1.82) is 0 Å². The quantitative estimate of drug-likeness (QED) is 0.459. The monoisotopic (exact) mass is 347 g/mol. The molecule has 1 N–H and O–H groups in total. The van der Waals surface area contributed by atoms with Crippen molar-refractivity contribution in [2.24, 2.45) is 0 Å². The number of carbonyl (C=O) groups excluding carboxylic acids is 2. The molecule has 25 heavy (non-hydrogen) atoms. The molecule has 0 saturated heterocycles. The first-order valence-corrected chi connectivity index (χ1v) is 7.80. The van der Waals surface area contributed by atoms with Crippen LogP contribution in [0.5, 0.6) is 17.2 Å². The molecule has 1 aromatic rings. The fourth-order valence-corrected chi connectivity index (χ4v) is 2.14. The Hall–Kier alpha value is -2.96. The number of hydrogen-bond donors (Lipinski definition) is 1. The summed E-state index contributed by atoms with van der Waals surface area (Å²) in [6.07, 6.45) is 3.44. The van der Waals surface area contributed by atoms with Crippen LogP contribution >= 0.6 is 0 Å². The average molecular weight is 347 g/mol. The third kappa shape index (κ3) is 5.00. The average Bonchev–Trinajstić information content (AvgIpc) is 2.63. The molecule has 0 radical (unpaired) electrons. The largest absolute Gasteiger partial charge is 0.493 e. The number of carbonyl (C=O) groups is 2. The predicted octanol–water partition coefficient (Wildman–Crippen LogP) is 1.71. The van der Waals surface area contributed by atoms with Crippen LogP contribution in [0.4, 0.5) is 0 Å². The Morgan fingerprint density at radius 1 is 1.36 bits per heavy atom. The van der Waals surface area contributed by atoms with Gasteiger partial charge >= 0.3 is 5.97 Å². The highest BCUT2D eigenvalue weighted by atomic mass is 16.6. The Labute approximate surface area is 146 Å². The zero-order valence-corrected chi connectivity index (χ0v) is 14.2. The number of ether oxygens (including phenoxy) is 4. The number of fused-ring (bicyclic) bond motifs is 1. The number of esters is 1. The number of rotatable bonds is 7. The van der Waals surface area contributed by atoms with E-state index in [1.807, 2.05) is 0 Å². The van der Waals surface area contributed by atoms with Crippen LogP contribution in [0.3, 0.4) is 0 Å². The first-order valence-electron chi connectivity index (χ1n) is 7.80. The van der Waals surface area contributed by atoms with E-state index in [9.17, 15) is 9.59 Å². The second kappa shape index (κ2) is 8.77. The van der Waals surface area contributed by atoms with E-state index in [0.717, 1.165) is 0 Å². The first-order chi connectivity index (χ1) is 12.0. The highest BCUT2D eigenvalue weighted by Gasteiger charge is 2.18. The molecule has 1 atom stereocenters. The molecule has 0 bridgehead atoms. The lowest BCUT2D eigenvalue weighted by atomic mass is 10.1. The van der Waals surface area contributed by atoms with E-state index in [4.69, 9.17) is 18.9 Å². The van der Waals surface area contributed by atoms with Crippen molar-refractivity contribution >= 4 is 18.0 Å². The van der Waals surface area contributed by atoms with Crippen LogP contribution in [0, 0.1) is 0 Å². The van der Waals surface area contributed by atoms with Gasteiger partial charge in [-0.05, 0) is 30.7 Å². The van der Waals surface area contributed by atoms with E-state index in [1.54, 1.807) is 24.3 Å². The molecular formula is C18H21NO6. The molecule has 1 heterocycles. The summed E-state index contributed by atoms with van der Waals surface area (Å²) in [6.45, 7) is 6.21. The summed E-state index contributed by atoms with van der Waals surface area (Å²) in [7, 11) is 1.53. The van der Waals surface area contributed by atoms with Crippen molar-refractivity contribution in [3.8, 4) is 17.2 Å². The zero-order chi connectivity index (χ0) is 18.2. The van der Waals surface area contributed by atoms with Crippen LogP contribution in [0.2, 0.25) is 0 Å². The molecule has 1 amide bonds. The molecule has 0 unspecified atom stereocenters. The number of hydrogen-bond acceptors (Lipinski definition) is 6. The first kappa shape index (κ1) is 18.4. The number of nitrogens with one attached hydrogen (secondary N) is 1. The standard InChI is InChI=1S/C18H21NO6/c1-4-7-19-18(21)12(2)25-16(20)6-5-13-10-14(22-3)17-15(11-13)23-8-9-24-17/h4-6,10-12H,1,7-9H2,2-3H3,(H,19,21)/b6-5+/t12-/m0/s1. The van der Waals surface area contributed by atoms with Crippen LogP contribution in [-0.4, -0.2) is 44.8 Å². The van der Waals surface area contributed by atoms with Gasteiger partial charge in [-0.1, -0.05) is 6.08 Å². The Morgan fingerprint density at radius 2 is 2.12 bits per heavy atom. The van der Waals surface area contributed by atoms with E-state index in [1.165, 1.54) is 20.1 Å². The molecular weight excluding hydrogens is 326 g/mol. The van der Waals surface area contributed by atoms with Crippen LogP contribution < -0.4 is 19.5 Å². The summed E-state index contributed by atoms with van der Waals surface area (Å²) in [4.78, 5) is 23.5. The van der Waals surface area contributed by atoms with Gasteiger partial charge in [-0.25, -0.2) is 4.79 Å². The van der Waals surface area contributed by atoms with Gasteiger partial charge in [0.1, 0.15) is 13.2 Å². The van der Waals surface area contributed by atoms with E-state index < -0.39 is 12.1 Å². The minimum atomic E-state index is -0.896. The van der Waals surface area contributed by atoms with Gasteiger partial charge in [0, 0.05) is 12.6 Å². The van der Waals surface area contributed by atoms with Gasteiger partial charge in [0.2, 0.25) is 5.75 Å². The zero-order valence-electron chi connectivity index (χ0n) is 14.2. The van der Waals surface area contributed by atoms with Crippen molar-refractivity contribution in [2.45, 2.75) is 13.0 Å². The summed E-state index contributed by atoms with van der Waals surface area (Å²) in [5.41, 5.74) is 0.682. The second-order valence-corrected chi connectivity index (χ2v) is 5.19. The van der Waals surface area contributed by atoms with Gasteiger partial charge in [0.05, 0.1) is 7.11 Å². The molecule has 1 aromatic carbocycles. The molecule has 0 spiro atoms. The Morgan fingerprint density at radius 3 is 2.84 bits per heavy atom. The van der Waals surface area contributed by atoms with Crippen LogP contribution in [-0.2, 0) is 14.3 Å². The molecule has 7 nitrogen and oxygen atoms in total. The Balaban J connectivity index is 2.02. The lowest BCUT2D eigenvalue weighted by molar-refractivity contribution is -0.150. The van der Waals surface area contributed by atoms with Gasteiger partial charge in [-0.15, -0.1) is 6.58 Å². The molecule has 134 valence electrons. The highest BCUT2D eigenvalue weighted by molar-refractivity contribution is 5.90. The van der Waals surface area contributed by atoms with E-state index in [-0.39, 0.29) is 5.91 Å². The Kier molecular flexibility index (Phi) is 6.45. The van der Waals surface area contributed by atoms with Crippen LogP contribution in [0.15, 0.2) is 30.9 Å². The van der Waals surface area contributed by atoms with Gasteiger partial charge in [-0.3, -0.25) is 4.79 Å². The molecule has 0 saturated carbocycles. The highest BCUT2D eigenvalue weighted by Crippen LogP contribution is 2.40. The number of benzene rings is 1. The van der Waals surface area contributed by atoms with E-state index in [0.29, 0.717) is 42.6 Å². The molecule has 2 rings (SSSR count). The number of amides is 1. The molecule has 0 fully saturated rings. The molecule has 0 aromatic heterocycles. The predicted molar refractivity (Wildman–Crippen MR) is 91.8 cm³/mol. The summed E-state index contributed by atoms with van der Waals surface area (Å²) in [5.74, 6) is 0.594. The third-order valence-electron chi connectivity index (χ3n) is 3.34. The third-order valence-corrected chi connectivity index (χ3v) is 3.34. The number of methoxy groups -OCH3 is 1. The molecule has 7 heteroatoms. The molecule has 1 aliphatic heterocycles. The maximum absolute atomic E-state index is 11.9. The maximum atomic E-state index is 11.9. The fourth-order valence-electron chi connectivity index (χ4n) is 2.14. The van der Waals surface area contributed by atoms with Crippen molar-refractivity contribution in [2.75, 3.05) is 26.9 Å². The van der Waals surface area contributed by atoms with Crippen molar-refractivity contribution in [1.82, 2.24) is 5.32 Å². The van der Waals surface area contributed by atoms with Gasteiger partial charge in [-0.2, -0.15) is 0 Å². The minimum Gasteiger partial charge on any atom is -0.493 e. The van der Waals surface area contributed by atoms with E-state index >= 15 is 0 Å². The molecule has 0 aliphatic carbocycles. The van der Waals surface area contributed by atoms with Crippen LogP contribution in [0.25, 0.3) is 6.08 Å².